The minimum absolute atomic E-state index is 0.155. The second kappa shape index (κ2) is 7.14. The van der Waals surface area contributed by atoms with Crippen LogP contribution in [0.25, 0.3) is 0 Å². The van der Waals surface area contributed by atoms with Crippen molar-refractivity contribution in [2.45, 2.75) is 19.8 Å². The zero-order valence-corrected chi connectivity index (χ0v) is 13.2. The van der Waals surface area contributed by atoms with Crippen molar-refractivity contribution in [3.63, 3.8) is 0 Å². The van der Waals surface area contributed by atoms with E-state index < -0.39 is 0 Å². The number of hydrogen-bond acceptors (Lipinski definition) is 5. The smallest absolute Gasteiger partial charge is 0.201 e. The van der Waals surface area contributed by atoms with Gasteiger partial charge in [0.25, 0.3) is 0 Å². The van der Waals surface area contributed by atoms with E-state index in [4.69, 9.17) is 28.0 Å². The van der Waals surface area contributed by atoms with E-state index in [0.29, 0.717) is 16.6 Å². The lowest BCUT2D eigenvalue weighted by molar-refractivity contribution is 0.447. The zero-order valence-electron chi connectivity index (χ0n) is 12.4. The Hall–Kier alpha value is -2.26. The first-order valence-electron chi connectivity index (χ1n) is 7.14. The lowest BCUT2D eigenvalue weighted by atomic mass is 9.99. The maximum atomic E-state index is 8.90. The highest BCUT2D eigenvalue weighted by Crippen LogP contribution is 2.32. The Bertz CT molecular complexity index is 633. The first kappa shape index (κ1) is 16.1. The number of benzene rings is 1. The van der Waals surface area contributed by atoms with Crippen LogP contribution in [0.2, 0.25) is 5.02 Å². The standard InChI is InChI=1S/C15H19ClN6/c1-10-3-2-6-22(9-10)14-5-4-11(16)7-12(14)20-21-13(8-17)15(18)19/h4-5,7,10,20H,2-3,6,9H2,1H3,(H3,18,19)/b21-13+. The second-order valence-electron chi connectivity index (χ2n) is 5.45. The number of amidine groups is 1. The van der Waals surface area contributed by atoms with Gasteiger partial charge in [0.05, 0.1) is 11.4 Å². The van der Waals surface area contributed by atoms with Gasteiger partial charge in [0, 0.05) is 18.1 Å². The number of nitrogens with zero attached hydrogens (tertiary/aromatic N) is 3. The maximum Gasteiger partial charge on any atom is 0.201 e. The number of piperidine rings is 1. The third-order valence-electron chi connectivity index (χ3n) is 3.61. The fraction of sp³-hybridized carbons (Fsp3) is 0.400. The second-order valence-corrected chi connectivity index (χ2v) is 5.89. The topological polar surface area (TPSA) is 101 Å². The van der Waals surface area contributed by atoms with E-state index in [1.165, 1.54) is 6.42 Å². The summed E-state index contributed by atoms with van der Waals surface area (Å²) in [4.78, 5) is 2.28. The third kappa shape index (κ3) is 3.89. The lowest BCUT2D eigenvalue weighted by Crippen LogP contribution is -2.34. The molecule has 1 atom stereocenters. The van der Waals surface area contributed by atoms with Gasteiger partial charge in [-0.15, -0.1) is 0 Å². The van der Waals surface area contributed by atoms with Crippen LogP contribution in [0, 0.1) is 22.7 Å². The van der Waals surface area contributed by atoms with Crippen LogP contribution in [-0.2, 0) is 0 Å². The summed E-state index contributed by atoms with van der Waals surface area (Å²) in [5.41, 5.74) is 9.65. The average Bonchev–Trinajstić information content (AvgIpc) is 2.47. The molecule has 0 spiro atoms. The summed E-state index contributed by atoms with van der Waals surface area (Å²) in [6.07, 6.45) is 2.37. The molecule has 0 amide bonds. The molecule has 6 nitrogen and oxygen atoms in total. The summed E-state index contributed by atoms with van der Waals surface area (Å²) in [7, 11) is 0. The van der Waals surface area contributed by atoms with Crippen molar-refractivity contribution in [1.82, 2.24) is 0 Å². The van der Waals surface area contributed by atoms with Crippen molar-refractivity contribution in [3.05, 3.63) is 23.2 Å². The van der Waals surface area contributed by atoms with Crippen molar-refractivity contribution in [2.75, 3.05) is 23.4 Å². The minimum atomic E-state index is -0.370. The van der Waals surface area contributed by atoms with Gasteiger partial charge in [-0.2, -0.15) is 10.4 Å². The van der Waals surface area contributed by atoms with Gasteiger partial charge in [0.2, 0.25) is 5.71 Å². The molecule has 1 fully saturated rings. The van der Waals surface area contributed by atoms with Gasteiger partial charge in [-0.05, 0) is 37.0 Å². The summed E-state index contributed by atoms with van der Waals surface area (Å²) < 4.78 is 0. The van der Waals surface area contributed by atoms with Gasteiger partial charge >= 0.3 is 0 Å². The largest absolute Gasteiger partial charge is 0.382 e. The highest BCUT2D eigenvalue weighted by atomic mass is 35.5. The van der Waals surface area contributed by atoms with E-state index in [1.54, 1.807) is 12.1 Å². The number of halogens is 1. The highest BCUT2D eigenvalue weighted by molar-refractivity contribution is 6.45. The molecule has 0 aliphatic carbocycles. The van der Waals surface area contributed by atoms with Gasteiger partial charge in [-0.25, -0.2) is 0 Å². The summed E-state index contributed by atoms with van der Waals surface area (Å²) in [6, 6.07) is 7.32. The van der Waals surface area contributed by atoms with E-state index in [2.05, 4.69) is 22.4 Å². The Labute approximate surface area is 135 Å². The molecule has 7 heteroatoms. The van der Waals surface area contributed by atoms with Crippen LogP contribution in [0.4, 0.5) is 11.4 Å². The first-order valence-corrected chi connectivity index (χ1v) is 7.51. The van der Waals surface area contributed by atoms with E-state index >= 15 is 0 Å². The van der Waals surface area contributed by atoms with Gasteiger partial charge in [0.1, 0.15) is 6.07 Å². The van der Waals surface area contributed by atoms with Crippen LogP contribution < -0.4 is 16.1 Å². The fourth-order valence-electron chi connectivity index (χ4n) is 2.54. The van der Waals surface area contributed by atoms with Gasteiger partial charge < -0.3 is 10.6 Å². The van der Waals surface area contributed by atoms with E-state index in [-0.39, 0.29) is 11.5 Å². The van der Waals surface area contributed by atoms with Crippen LogP contribution in [-0.4, -0.2) is 24.6 Å². The number of rotatable bonds is 4. The zero-order chi connectivity index (χ0) is 16.1. The number of nitrogens with two attached hydrogens (primary N) is 1. The SMILES string of the molecule is CC1CCCN(c2ccc(Cl)cc2N/N=C(\C#N)C(=N)N)C1. The molecular formula is C15H19ClN6. The molecule has 1 aromatic carbocycles. The molecule has 1 unspecified atom stereocenters. The molecular weight excluding hydrogens is 300 g/mol. The predicted molar refractivity (Wildman–Crippen MR) is 90.6 cm³/mol. The minimum Gasteiger partial charge on any atom is -0.382 e. The summed E-state index contributed by atoms with van der Waals surface area (Å²) in [5, 5.41) is 20.7. The summed E-state index contributed by atoms with van der Waals surface area (Å²) in [6.45, 7) is 4.18. The van der Waals surface area contributed by atoms with E-state index in [1.807, 2.05) is 12.1 Å². The number of nitrogens with one attached hydrogen (secondary N) is 2. The lowest BCUT2D eigenvalue weighted by Gasteiger charge is -2.34. The molecule has 2 rings (SSSR count). The van der Waals surface area contributed by atoms with Gasteiger partial charge in [-0.3, -0.25) is 10.8 Å². The van der Waals surface area contributed by atoms with Crippen molar-refractivity contribution in [2.24, 2.45) is 16.8 Å². The number of hydrogen-bond donors (Lipinski definition) is 3. The van der Waals surface area contributed by atoms with Crippen LogP contribution >= 0.6 is 11.6 Å². The molecule has 0 aromatic heterocycles. The van der Waals surface area contributed by atoms with Crippen LogP contribution in [0.1, 0.15) is 19.8 Å². The third-order valence-corrected chi connectivity index (χ3v) is 3.84. The predicted octanol–water partition coefficient (Wildman–Crippen LogP) is 2.80. The normalized spacial score (nSPS) is 18.7. The number of anilines is 2. The maximum absolute atomic E-state index is 8.90. The van der Waals surface area contributed by atoms with E-state index in [0.717, 1.165) is 25.2 Å². The fourth-order valence-corrected chi connectivity index (χ4v) is 2.72. The first-order chi connectivity index (χ1) is 10.5. The molecule has 1 aromatic rings. The van der Waals surface area contributed by atoms with Crippen molar-refractivity contribution >= 4 is 34.5 Å². The van der Waals surface area contributed by atoms with Crippen LogP contribution in [0.15, 0.2) is 23.3 Å². The molecule has 1 heterocycles. The Balaban J connectivity index is 2.28. The molecule has 1 aliphatic heterocycles. The Morgan fingerprint density at radius 3 is 3.00 bits per heavy atom. The Morgan fingerprint density at radius 1 is 1.59 bits per heavy atom. The van der Waals surface area contributed by atoms with Crippen molar-refractivity contribution in [1.29, 1.82) is 10.7 Å². The Morgan fingerprint density at radius 2 is 2.36 bits per heavy atom. The highest BCUT2D eigenvalue weighted by Gasteiger charge is 2.19. The molecule has 0 saturated carbocycles. The van der Waals surface area contributed by atoms with Crippen LogP contribution in [0.3, 0.4) is 0 Å². The van der Waals surface area contributed by atoms with E-state index in [9.17, 15) is 0 Å². The van der Waals surface area contributed by atoms with Crippen LogP contribution in [0.5, 0.6) is 0 Å². The molecule has 0 radical (unpaired) electrons. The monoisotopic (exact) mass is 318 g/mol. The molecule has 116 valence electrons. The number of nitriles is 1. The quantitative estimate of drug-likeness (QED) is 0.451. The molecule has 22 heavy (non-hydrogen) atoms. The van der Waals surface area contributed by atoms with Gasteiger partial charge in [-0.1, -0.05) is 18.5 Å². The molecule has 4 N–H and O–H groups in total. The van der Waals surface area contributed by atoms with Gasteiger partial charge in [0.15, 0.2) is 5.84 Å². The van der Waals surface area contributed by atoms with Crippen molar-refractivity contribution < 1.29 is 0 Å². The molecule has 1 saturated heterocycles. The Kier molecular flexibility index (Phi) is 5.23. The molecule has 0 bridgehead atoms. The summed E-state index contributed by atoms with van der Waals surface area (Å²) >= 11 is 6.06. The van der Waals surface area contributed by atoms with Crippen molar-refractivity contribution in [3.8, 4) is 6.07 Å². The average molecular weight is 319 g/mol. The summed E-state index contributed by atoms with van der Waals surface area (Å²) in [5.74, 6) is 0.262. The molecule has 1 aliphatic rings. The number of hydrazone groups is 1.